The zero-order valence-electron chi connectivity index (χ0n) is 15.5. The number of hydrogen-bond donors (Lipinski definition) is 5. The minimum atomic E-state index is -2.57. The zero-order chi connectivity index (χ0) is 21.2. The van der Waals surface area contributed by atoms with Gasteiger partial charge in [0.05, 0.1) is 28.9 Å². The van der Waals surface area contributed by atoms with Crippen LogP contribution in [0.2, 0.25) is 0 Å². The predicted molar refractivity (Wildman–Crippen MR) is 102 cm³/mol. The topological polar surface area (TPSA) is 153 Å². The summed E-state index contributed by atoms with van der Waals surface area (Å²) in [6.07, 6.45) is -2.16. The molecule has 2 aromatic carbocycles. The van der Waals surface area contributed by atoms with Crippen molar-refractivity contribution in [3.63, 3.8) is 0 Å². The Labute approximate surface area is 169 Å². The van der Waals surface area contributed by atoms with Crippen LogP contribution in [0.3, 0.4) is 0 Å². The molecule has 5 atom stereocenters. The van der Waals surface area contributed by atoms with Gasteiger partial charge in [-0.2, -0.15) is 0 Å². The van der Waals surface area contributed by atoms with E-state index in [-0.39, 0.29) is 29.1 Å². The molecule has 5 unspecified atom stereocenters. The highest BCUT2D eigenvalue weighted by atomic mass is 16.7. The Hall–Kier alpha value is -3.27. The average Bonchev–Trinajstić information content (AvgIpc) is 3.02. The number of carbonyl (C=O) groups is 1. The molecule has 1 aliphatic carbocycles. The lowest BCUT2D eigenvalue weighted by Gasteiger charge is -2.32. The number of benzene rings is 2. The highest BCUT2D eigenvalue weighted by Gasteiger charge is 2.63. The number of aromatic hydroxyl groups is 2. The summed E-state index contributed by atoms with van der Waals surface area (Å²) in [6.45, 7) is 0. The largest absolute Gasteiger partial charge is 0.508 e. The van der Waals surface area contributed by atoms with E-state index < -0.39 is 35.8 Å². The molecule has 0 amide bonds. The third-order valence-corrected chi connectivity index (χ3v) is 5.94. The van der Waals surface area contributed by atoms with E-state index in [2.05, 4.69) is 9.97 Å². The highest BCUT2D eigenvalue weighted by Crippen LogP contribution is 2.53. The van der Waals surface area contributed by atoms with E-state index >= 15 is 0 Å². The second-order valence-electron chi connectivity index (χ2n) is 7.67. The molecule has 0 radical (unpaired) electrons. The van der Waals surface area contributed by atoms with Crippen molar-refractivity contribution < 1.29 is 35.1 Å². The molecule has 5 rings (SSSR count). The van der Waals surface area contributed by atoms with E-state index in [0.29, 0.717) is 16.8 Å². The van der Waals surface area contributed by atoms with Crippen LogP contribution in [0.5, 0.6) is 11.5 Å². The van der Waals surface area contributed by atoms with Crippen LogP contribution in [0.25, 0.3) is 11.0 Å². The first-order chi connectivity index (χ1) is 14.3. The smallest absolute Gasteiger partial charge is 0.364 e. The number of fused-ring (bicyclic) bond motifs is 3. The van der Waals surface area contributed by atoms with Crippen LogP contribution in [0, 0.1) is 5.92 Å². The molecular formula is C21H18N2O7. The minimum Gasteiger partial charge on any atom is -0.508 e. The van der Waals surface area contributed by atoms with Gasteiger partial charge in [-0.1, -0.05) is 18.2 Å². The number of aliphatic hydroxyl groups is 2. The average molecular weight is 410 g/mol. The predicted octanol–water partition coefficient (Wildman–Crippen LogP) is 1.20. The molecular weight excluding hydrogens is 392 g/mol. The Balaban J connectivity index is 1.66. The van der Waals surface area contributed by atoms with Crippen molar-refractivity contribution in [1.29, 1.82) is 0 Å². The Kier molecular flexibility index (Phi) is 3.97. The van der Waals surface area contributed by atoms with Gasteiger partial charge in [0.25, 0.3) is 5.79 Å². The molecule has 9 nitrogen and oxygen atoms in total. The summed E-state index contributed by atoms with van der Waals surface area (Å²) in [7, 11) is 0. The van der Waals surface area contributed by atoms with Crippen molar-refractivity contribution in [2.24, 2.45) is 5.92 Å². The van der Waals surface area contributed by atoms with Gasteiger partial charge in [0.15, 0.2) is 0 Å². The van der Waals surface area contributed by atoms with E-state index in [0.717, 1.165) is 0 Å². The maximum atomic E-state index is 12.0. The standard InChI is InChI=1S/C21H18N2O7/c24-10-6-4-9(5-7-10)15-11-8-13-17(18(26)19(11)30-21(15,29)20(27)28)22-12-2-1-3-14(25)16(12)23-13/h1-7,11,15,18-19,24-26,29H,8H2,(H,27,28). The molecule has 0 spiro atoms. The third kappa shape index (κ3) is 2.56. The summed E-state index contributed by atoms with van der Waals surface area (Å²) in [4.78, 5) is 20.8. The molecule has 1 aromatic heterocycles. The maximum absolute atomic E-state index is 12.0. The molecule has 2 heterocycles. The number of aliphatic carboxylic acids is 1. The number of ether oxygens (including phenoxy) is 1. The lowest BCUT2D eigenvalue weighted by molar-refractivity contribution is -0.229. The van der Waals surface area contributed by atoms with E-state index in [1.54, 1.807) is 12.1 Å². The van der Waals surface area contributed by atoms with E-state index in [4.69, 9.17) is 4.74 Å². The Morgan fingerprint density at radius 1 is 1.10 bits per heavy atom. The van der Waals surface area contributed by atoms with E-state index in [9.17, 15) is 30.3 Å². The lowest BCUT2D eigenvalue weighted by Crippen LogP contribution is -2.43. The molecule has 1 saturated heterocycles. The fourth-order valence-electron chi connectivity index (χ4n) is 4.60. The van der Waals surface area contributed by atoms with Crippen LogP contribution in [-0.4, -0.2) is 53.4 Å². The minimum absolute atomic E-state index is 0.00471. The van der Waals surface area contributed by atoms with Crippen molar-refractivity contribution in [3.8, 4) is 11.5 Å². The maximum Gasteiger partial charge on any atom is 0.364 e. The number of phenolic OH excluding ortho intramolecular Hbond substituents is 2. The fourth-order valence-corrected chi connectivity index (χ4v) is 4.60. The molecule has 154 valence electrons. The van der Waals surface area contributed by atoms with Crippen LogP contribution in [0.1, 0.15) is 29.0 Å². The number of aliphatic hydroxyl groups excluding tert-OH is 1. The van der Waals surface area contributed by atoms with Crippen LogP contribution >= 0.6 is 0 Å². The van der Waals surface area contributed by atoms with Crippen molar-refractivity contribution in [1.82, 2.24) is 9.97 Å². The van der Waals surface area contributed by atoms with Crippen LogP contribution in [0.4, 0.5) is 0 Å². The Bertz CT molecular complexity index is 1170. The van der Waals surface area contributed by atoms with Crippen LogP contribution in [0.15, 0.2) is 42.5 Å². The quantitative estimate of drug-likeness (QED) is 0.419. The SMILES string of the molecule is O=C(O)C1(O)OC2C(O)c3nc4cccc(O)c4nc3CC2C1c1ccc(O)cc1. The summed E-state index contributed by atoms with van der Waals surface area (Å²) >= 11 is 0. The second kappa shape index (κ2) is 6.36. The second-order valence-corrected chi connectivity index (χ2v) is 7.67. The lowest BCUT2D eigenvalue weighted by atomic mass is 9.73. The molecule has 2 aliphatic rings. The third-order valence-electron chi connectivity index (χ3n) is 5.94. The van der Waals surface area contributed by atoms with Gasteiger partial charge in [0.2, 0.25) is 0 Å². The molecule has 1 fully saturated rings. The normalized spacial score (nSPS) is 30.1. The number of phenols is 2. The number of para-hydroxylation sites is 1. The monoisotopic (exact) mass is 410 g/mol. The van der Waals surface area contributed by atoms with Crippen LogP contribution in [-0.2, 0) is 16.0 Å². The molecule has 0 bridgehead atoms. The number of rotatable bonds is 2. The Morgan fingerprint density at radius 3 is 2.53 bits per heavy atom. The first-order valence-electron chi connectivity index (χ1n) is 9.38. The number of carboxylic acid groups (broad SMARTS) is 1. The van der Waals surface area contributed by atoms with Crippen LogP contribution < -0.4 is 0 Å². The van der Waals surface area contributed by atoms with Gasteiger partial charge in [-0.05, 0) is 36.2 Å². The zero-order valence-corrected chi connectivity index (χ0v) is 15.5. The van der Waals surface area contributed by atoms with E-state index in [1.165, 1.54) is 30.3 Å². The summed E-state index contributed by atoms with van der Waals surface area (Å²) in [5, 5.41) is 51.3. The molecule has 0 saturated carbocycles. The first kappa shape index (κ1) is 18.7. The number of carboxylic acids is 1. The van der Waals surface area contributed by atoms with Crippen molar-refractivity contribution in [2.45, 2.75) is 30.3 Å². The van der Waals surface area contributed by atoms with Gasteiger partial charge in [0, 0.05) is 5.92 Å². The van der Waals surface area contributed by atoms with Gasteiger partial charge >= 0.3 is 5.97 Å². The molecule has 1 aliphatic heterocycles. The number of aromatic nitrogens is 2. The summed E-state index contributed by atoms with van der Waals surface area (Å²) in [5.41, 5.74) is 1.73. The summed E-state index contributed by atoms with van der Waals surface area (Å²) in [6, 6.07) is 10.5. The van der Waals surface area contributed by atoms with Gasteiger partial charge in [-0.15, -0.1) is 0 Å². The van der Waals surface area contributed by atoms with Crippen molar-refractivity contribution in [3.05, 3.63) is 59.4 Å². The summed E-state index contributed by atoms with van der Waals surface area (Å²) < 4.78 is 5.54. The van der Waals surface area contributed by atoms with Gasteiger partial charge in [-0.3, -0.25) is 0 Å². The molecule has 5 N–H and O–H groups in total. The van der Waals surface area contributed by atoms with Gasteiger partial charge in [0.1, 0.15) is 23.1 Å². The summed E-state index contributed by atoms with van der Waals surface area (Å²) in [5.74, 6) is -5.86. The molecule has 3 aromatic rings. The highest BCUT2D eigenvalue weighted by molar-refractivity contribution is 5.81. The number of hydrogen-bond acceptors (Lipinski definition) is 8. The van der Waals surface area contributed by atoms with E-state index in [1.807, 2.05) is 0 Å². The van der Waals surface area contributed by atoms with Gasteiger partial charge in [-0.25, -0.2) is 14.8 Å². The molecule has 9 heteroatoms. The first-order valence-corrected chi connectivity index (χ1v) is 9.38. The van der Waals surface area contributed by atoms with Crippen molar-refractivity contribution in [2.75, 3.05) is 0 Å². The molecule has 30 heavy (non-hydrogen) atoms. The van der Waals surface area contributed by atoms with Gasteiger partial charge < -0.3 is 30.3 Å². The fraction of sp³-hybridized carbons (Fsp3) is 0.286. The Morgan fingerprint density at radius 2 is 1.83 bits per heavy atom. The van der Waals surface area contributed by atoms with Crippen molar-refractivity contribution >= 4 is 17.0 Å². The number of nitrogens with zero attached hydrogens (tertiary/aromatic N) is 2.